The van der Waals surface area contributed by atoms with Gasteiger partial charge in [-0.3, -0.25) is 4.79 Å². The Hall–Kier alpha value is -1.92. The number of rotatable bonds is 9. The first-order chi connectivity index (χ1) is 14.7. The Labute approximate surface area is 198 Å². The Morgan fingerprint density at radius 2 is 2.00 bits per heavy atom. The van der Waals surface area contributed by atoms with Crippen LogP contribution in [0.3, 0.4) is 0 Å². The summed E-state index contributed by atoms with van der Waals surface area (Å²) in [6.45, 7) is 0.601. The highest BCUT2D eigenvalue weighted by Gasteiger charge is 2.22. The fraction of sp³-hybridized carbons (Fsp3) is 0.200. The van der Waals surface area contributed by atoms with Crippen molar-refractivity contribution >= 4 is 66.2 Å². The number of hydrogen-bond donors (Lipinski definition) is 2. The second-order valence-electron chi connectivity index (χ2n) is 6.45. The summed E-state index contributed by atoms with van der Waals surface area (Å²) in [5.41, 5.74) is 1.65. The van der Waals surface area contributed by atoms with Gasteiger partial charge in [0, 0.05) is 28.2 Å². The van der Waals surface area contributed by atoms with Gasteiger partial charge in [0.25, 0.3) is 5.91 Å². The van der Waals surface area contributed by atoms with E-state index in [0.717, 1.165) is 16.3 Å². The van der Waals surface area contributed by atoms with Crippen molar-refractivity contribution < 1.29 is 22.7 Å². The first kappa shape index (κ1) is 23.7. The van der Waals surface area contributed by atoms with Crippen molar-refractivity contribution in [3.05, 3.63) is 63.0 Å². The molecule has 1 amide bonds. The van der Waals surface area contributed by atoms with Gasteiger partial charge >= 0.3 is 0 Å². The van der Waals surface area contributed by atoms with Gasteiger partial charge in [0.2, 0.25) is 10.0 Å². The molecule has 2 N–H and O–H groups in total. The molecule has 0 atom stereocenters. The molecule has 1 heterocycles. The molecule has 0 bridgehead atoms. The lowest BCUT2D eigenvalue weighted by Crippen LogP contribution is -2.26. The molecule has 3 rings (SSSR count). The fourth-order valence-corrected chi connectivity index (χ4v) is 4.47. The van der Waals surface area contributed by atoms with Gasteiger partial charge in [0.15, 0.2) is 0 Å². The van der Waals surface area contributed by atoms with Crippen molar-refractivity contribution in [3.63, 3.8) is 0 Å². The molecule has 1 aliphatic heterocycles. The van der Waals surface area contributed by atoms with Crippen LogP contribution in [0.1, 0.15) is 11.1 Å². The van der Waals surface area contributed by atoms with E-state index >= 15 is 0 Å². The van der Waals surface area contributed by atoms with Gasteiger partial charge in [-0.25, -0.2) is 13.1 Å². The maximum absolute atomic E-state index is 12.0. The molecule has 31 heavy (non-hydrogen) atoms. The molecule has 0 saturated carbocycles. The van der Waals surface area contributed by atoms with Crippen LogP contribution in [-0.2, 0) is 21.4 Å². The third kappa shape index (κ3) is 7.32. The molecular weight excluding hydrogens is 524 g/mol. The Balaban J connectivity index is 1.80. The van der Waals surface area contributed by atoms with E-state index in [1.165, 1.54) is 11.8 Å². The van der Waals surface area contributed by atoms with E-state index in [4.69, 9.17) is 21.7 Å². The molecule has 0 aliphatic carbocycles. The van der Waals surface area contributed by atoms with Crippen molar-refractivity contribution in [2.45, 2.75) is 6.61 Å². The molecule has 2 aromatic rings. The second kappa shape index (κ2) is 10.6. The maximum atomic E-state index is 12.0. The van der Waals surface area contributed by atoms with Gasteiger partial charge in [-0.05, 0) is 24.3 Å². The molecule has 1 fully saturated rings. The minimum absolute atomic E-state index is 0.145. The van der Waals surface area contributed by atoms with Crippen LogP contribution >= 0.6 is 39.9 Å². The number of ether oxygens (including phenoxy) is 2. The Bertz CT molecular complexity index is 1140. The Morgan fingerprint density at radius 3 is 2.68 bits per heavy atom. The summed E-state index contributed by atoms with van der Waals surface area (Å²) in [6, 6.07) is 12.9. The molecule has 11 heteroatoms. The Morgan fingerprint density at radius 1 is 1.23 bits per heavy atom. The van der Waals surface area contributed by atoms with Crippen molar-refractivity contribution in [2.75, 3.05) is 19.4 Å². The van der Waals surface area contributed by atoms with Gasteiger partial charge in [-0.1, -0.05) is 58.1 Å². The smallest absolute Gasteiger partial charge is 0.263 e. The minimum atomic E-state index is -3.28. The zero-order valence-corrected chi connectivity index (χ0v) is 20.4. The predicted molar refractivity (Wildman–Crippen MR) is 130 cm³/mol. The van der Waals surface area contributed by atoms with Crippen LogP contribution in [0.5, 0.6) is 11.5 Å². The summed E-state index contributed by atoms with van der Waals surface area (Å²) < 4.78 is 37.7. The number of carbonyl (C=O) groups is 1. The molecule has 0 spiro atoms. The minimum Gasteiger partial charge on any atom is -0.492 e. The highest BCUT2D eigenvalue weighted by Crippen LogP contribution is 2.32. The first-order valence-corrected chi connectivity index (χ1v) is 12.9. The monoisotopic (exact) mass is 542 g/mol. The normalized spacial score (nSPS) is 15.2. The number of thioether (sulfide) groups is 1. The van der Waals surface area contributed by atoms with Crippen molar-refractivity contribution in [1.82, 2.24) is 10.0 Å². The average molecular weight is 543 g/mol. The molecule has 0 unspecified atom stereocenters. The van der Waals surface area contributed by atoms with Gasteiger partial charge in [0.1, 0.15) is 29.0 Å². The van der Waals surface area contributed by atoms with Crippen LogP contribution in [0.2, 0.25) is 0 Å². The lowest BCUT2D eigenvalue weighted by atomic mass is 10.1. The van der Waals surface area contributed by atoms with Crippen LogP contribution in [0.25, 0.3) is 6.08 Å². The van der Waals surface area contributed by atoms with E-state index < -0.39 is 10.0 Å². The van der Waals surface area contributed by atoms with E-state index in [9.17, 15) is 13.2 Å². The number of hydrogen-bond acceptors (Lipinski definition) is 7. The molecule has 7 nitrogen and oxygen atoms in total. The van der Waals surface area contributed by atoms with E-state index in [-0.39, 0.29) is 19.1 Å². The number of nitrogens with one attached hydrogen (secondary N) is 2. The van der Waals surface area contributed by atoms with Crippen LogP contribution in [0, 0.1) is 0 Å². The standard InChI is InChI=1S/C20H19BrN2O5S3/c1-31(25,26)22-8-9-27-15-7-6-13(10-18-19(24)23-20(29)30-18)17(11-15)28-12-14-4-2-3-5-16(14)21/h2-7,10-11,22H,8-9,12H2,1H3,(H,23,24,29)/b18-10-. The molecule has 164 valence electrons. The molecule has 1 aliphatic rings. The molecule has 0 radical (unpaired) electrons. The van der Waals surface area contributed by atoms with Crippen LogP contribution in [0.4, 0.5) is 0 Å². The van der Waals surface area contributed by atoms with Crippen molar-refractivity contribution in [3.8, 4) is 11.5 Å². The summed E-state index contributed by atoms with van der Waals surface area (Å²) in [6.07, 6.45) is 2.80. The summed E-state index contributed by atoms with van der Waals surface area (Å²) in [7, 11) is -3.28. The number of amides is 1. The third-order valence-electron chi connectivity index (χ3n) is 3.99. The highest BCUT2D eigenvalue weighted by atomic mass is 79.9. The third-order valence-corrected chi connectivity index (χ3v) is 6.65. The zero-order chi connectivity index (χ0) is 22.4. The highest BCUT2D eigenvalue weighted by molar-refractivity contribution is 9.10. The van der Waals surface area contributed by atoms with E-state index in [1.807, 2.05) is 24.3 Å². The number of thiocarbonyl (C=S) groups is 1. The fourth-order valence-electron chi connectivity index (χ4n) is 2.58. The largest absolute Gasteiger partial charge is 0.492 e. The van der Waals surface area contributed by atoms with Gasteiger partial charge in [-0.2, -0.15) is 0 Å². The van der Waals surface area contributed by atoms with E-state index in [2.05, 4.69) is 26.0 Å². The SMILES string of the molecule is CS(=O)(=O)NCCOc1ccc(/C=C2\SC(=S)NC2=O)c(OCc2ccccc2Br)c1. The molecular formula is C20H19BrN2O5S3. The first-order valence-electron chi connectivity index (χ1n) is 9.04. The van der Waals surface area contributed by atoms with Gasteiger partial charge in [0.05, 0.1) is 11.2 Å². The van der Waals surface area contributed by atoms with Crippen molar-refractivity contribution in [2.24, 2.45) is 0 Å². The lowest BCUT2D eigenvalue weighted by molar-refractivity contribution is -0.115. The van der Waals surface area contributed by atoms with Gasteiger partial charge in [-0.15, -0.1) is 0 Å². The van der Waals surface area contributed by atoms with Crippen LogP contribution < -0.4 is 19.5 Å². The number of sulfonamides is 1. The summed E-state index contributed by atoms with van der Waals surface area (Å²) >= 11 is 9.74. The van der Waals surface area contributed by atoms with Gasteiger partial charge < -0.3 is 14.8 Å². The molecule has 2 aromatic carbocycles. The quantitative estimate of drug-likeness (QED) is 0.284. The van der Waals surface area contributed by atoms with E-state index in [0.29, 0.717) is 32.9 Å². The zero-order valence-electron chi connectivity index (χ0n) is 16.4. The molecule has 1 saturated heterocycles. The maximum Gasteiger partial charge on any atom is 0.263 e. The summed E-state index contributed by atoms with van der Waals surface area (Å²) in [5, 5.41) is 2.59. The Kier molecular flexibility index (Phi) is 8.11. The predicted octanol–water partition coefficient (Wildman–Crippen LogP) is 3.44. The second-order valence-corrected chi connectivity index (χ2v) is 10.9. The lowest BCUT2D eigenvalue weighted by Gasteiger charge is -2.13. The van der Waals surface area contributed by atoms with Crippen LogP contribution in [0.15, 0.2) is 51.8 Å². The van der Waals surface area contributed by atoms with Crippen LogP contribution in [-0.4, -0.2) is 38.1 Å². The number of carbonyl (C=O) groups excluding carboxylic acids is 1. The summed E-state index contributed by atoms with van der Waals surface area (Å²) in [4.78, 5) is 12.5. The summed E-state index contributed by atoms with van der Waals surface area (Å²) in [5.74, 6) is 0.778. The van der Waals surface area contributed by atoms with E-state index in [1.54, 1.807) is 24.3 Å². The molecule has 0 aromatic heterocycles. The number of benzene rings is 2. The van der Waals surface area contributed by atoms with Crippen molar-refractivity contribution in [1.29, 1.82) is 0 Å². The number of halogens is 1. The topological polar surface area (TPSA) is 93.7 Å². The average Bonchev–Trinajstić information content (AvgIpc) is 3.02.